The average Bonchev–Trinajstić information content (AvgIpc) is 3.39. The van der Waals surface area contributed by atoms with Gasteiger partial charge in [0.1, 0.15) is 6.04 Å². The highest BCUT2D eigenvalue weighted by molar-refractivity contribution is 6.21. The maximum atomic E-state index is 14.3. The maximum Gasteiger partial charge on any atom is 0.327 e. The van der Waals surface area contributed by atoms with Gasteiger partial charge >= 0.3 is 5.97 Å². The predicted octanol–water partition coefficient (Wildman–Crippen LogP) is 2.88. The zero-order valence-corrected chi connectivity index (χ0v) is 15.1. The van der Waals surface area contributed by atoms with Crippen LogP contribution in [0.5, 0.6) is 0 Å². The normalized spacial score (nSPS) is 22.3. The molecule has 2 aromatic carbocycles. The summed E-state index contributed by atoms with van der Waals surface area (Å²) in [4.78, 5) is 37.6. The molecule has 0 N–H and O–H groups in total. The van der Waals surface area contributed by atoms with Gasteiger partial charge in [-0.15, -0.1) is 0 Å². The number of imide groups is 1. The number of amides is 2. The molecule has 1 saturated heterocycles. The van der Waals surface area contributed by atoms with Crippen molar-refractivity contribution in [3.05, 3.63) is 70.0 Å². The van der Waals surface area contributed by atoms with Crippen molar-refractivity contribution in [1.29, 1.82) is 0 Å². The molecule has 0 aliphatic carbocycles. The Bertz CT molecular complexity index is 1060. The molecule has 6 nitrogen and oxygen atoms in total. The number of carbonyl (C=O) groups is 3. The summed E-state index contributed by atoms with van der Waals surface area (Å²) in [6, 6.07) is 2.15. The van der Waals surface area contributed by atoms with Gasteiger partial charge in [-0.1, -0.05) is 12.1 Å². The Labute approximate surface area is 165 Å². The minimum atomic E-state index is -2.37. The number of ether oxygens (including phenoxy) is 1. The van der Waals surface area contributed by atoms with E-state index in [1.807, 2.05) is 0 Å². The van der Waals surface area contributed by atoms with Gasteiger partial charge in [0.25, 0.3) is 11.8 Å². The van der Waals surface area contributed by atoms with Gasteiger partial charge in [-0.2, -0.15) is 5.01 Å². The third-order valence-electron chi connectivity index (χ3n) is 4.85. The molecule has 156 valence electrons. The summed E-state index contributed by atoms with van der Waals surface area (Å²) in [5.74, 6) is -14.0. The Morgan fingerprint density at radius 2 is 1.37 bits per heavy atom. The van der Waals surface area contributed by atoms with Crippen molar-refractivity contribution in [2.24, 2.45) is 0 Å². The van der Waals surface area contributed by atoms with E-state index in [2.05, 4.69) is 0 Å². The number of fused-ring (bicyclic) bond motifs is 1. The Morgan fingerprint density at radius 3 is 1.83 bits per heavy atom. The largest absolute Gasteiger partial charge is 0.465 e. The second kappa shape index (κ2) is 6.87. The molecular formula is C19H11F5N2O4. The molecule has 3 atom stereocenters. The highest BCUT2D eigenvalue weighted by Crippen LogP contribution is 2.49. The summed E-state index contributed by atoms with van der Waals surface area (Å²) in [5, 5.41) is 1.11. The topological polar surface area (TPSA) is 66.7 Å². The van der Waals surface area contributed by atoms with E-state index < -0.39 is 64.5 Å². The van der Waals surface area contributed by atoms with Crippen LogP contribution in [0, 0.1) is 29.1 Å². The van der Waals surface area contributed by atoms with Crippen LogP contribution in [0.25, 0.3) is 0 Å². The number of rotatable bonds is 4. The number of benzene rings is 2. The summed E-state index contributed by atoms with van der Waals surface area (Å²) in [7, 11) is 0. The van der Waals surface area contributed by atoms with Gasteiger partial charge in [-0.3, -0.25) is 14.4 Å². The summed E-state index contributed by atoms with van der Waals surface area (Å²) >= 11 is 0. The third-order valence-corrected chi connectivity index (χ3v) is 4.85. The Morgan fingerprint density at radius 1 is 0.900 bits per heavy atom. The van der Waals surface area contributed by atoms with Gasteiger partial charge in [0.2, 0.25) is 5.82 Å². The maximum absolute atomic E-state index is 14.3. The lowest BCUT2D eigenvalue weighted by atomic mass is 10.1. The SMILES string of the molecule is CCOC(=O)[C@H]1[C@H](c2c(F)c(F)c(F)c(F)c2F)N1N1C(=O)c2ccccc2C1=O. The van der Waals surface area contributed by atoms with Crippen molar-refractivity contribution in [3.63, 3.8) is 0 Å². The minimum absolute atomic E-state index is 0.0341. The molecule has 0 bridgehead atoms. The molecule has 2 amide bonds. The Hall–Kier alpha value is -3.34. The smallest absolute Gasteiger partial charge is 0.327 e. The van der Waals surface area contributed by atoms with E-state index in [4.69, 9.17) is 4.74 Å². The molecule has 11 heteroatoms. The molecule has 0 spiro atoms. The summed E-state index contributed by atoms with van der Waals surface area (Å²) in [6.07, 6.45) is 0. The third kappa shape index (κ3) is 2.61. The van der Waals surface area contributed by atoms with Crippen LogP contribution in [-0.4, -0.2) is 40.5 Å². The molecule has 0 radical (unpaired) electrons. The van der Waals surface area contributed by atoms with Crippen LogP contribution in [0.3, 0.4) is 0 Å². The molecule has 1 unspecified atom stereocenters. The number of esters is 1. The van der Waals surface area contributed by atoms with E-state index in [0.717, 1.165) is 0 Å². The first-order chi connectivity index (χ1) is 14.2. The molecule has 2 aromatic rings. The summed E-state index contributed by atoms with van der Waals surface area (Å²) in [5.41, 5.74) is -1.40. The molecule has 0 saturated carbocycles. The summed E-state index contributed by atoms with van der Waals surface area (Å²) < 4.78 is 74.3. The van der Waals surface area contributed by atoms with Crippen molar-refractivity contribution in [1.82, 2.24) is 10.0 Å². The predicted molar refractivity (Wildman–Crippen MR) is 88.2 cm³/mol. The monoisotopic (exact) mass is 426 g/mol. The van der Waals surface area contributed by atoms with Crippen LogP contribution >= 0.6 is 0 Å². The lowest BCUT2D eigenvalue weighted by Gasteiger charge is -2.16. The number of hydrogen-bond acceptors (Lipinski definition) is 5. The lowest BCUT2D eigenvalue weighted by molar-refractivity contribution is -0.144. The van der Waals surface area contributed by atoms with E-state index in [1.54, 1.807) is 0 Å². The summed E-state index contributed by atoms with van der Waals surface area (Å²) in [6.45, 7) is 1.27. The molecular weight excluding hydrogens is 415 g/mol. The number of halogens is 5. The van der Waals surface area contributed by atoms with Gasteiger partial charge in [0, 0.05) is 0 Å². The van der Waals surface area contributed by atoms with Crippen molar-refractivity contribution in [2.45, 2.75) is 19.0 Å². The number of hydrazine groups is 1. The van der Waals surface area contributed by atoms with E-state index >= 15 is 0 Å². The molecule has 4 rings (SSSR count). The Kier molecular flexibility index (Phi) is 4.57. The highest BCUT2D eigenvalue weighted by Gasteiger charge is 2.64. The van der Waals surface area contributed by atoms with Crippen LogP contribution in [0.4, 0.5) is 22.0 Å². The zero-order chi connectivity index (χ0) is 21.9. The number of nitrogens with zero attached hydrogens (tertiary/aromatic N) is 2. The van der Waals surface area contributed by atoms with Gasteiger partial charge in [-0.05, 0) is 19.1 Å². The van der Waals surface area contributed by atoms with Crippen LogP contribution in [0.1, 0.15) is 39.2 Å². The second-order valence-corrected chi connectivity index (χ2v) is 6.47. The van der Waals surface area contributed by atoms with Crippen molar-refractivity contribution < 1.29 is 41.1 Å². The zero-order valence-electron chi connectivity index (χ0n) is 15.1. The molecule has 2 heterocycles. The van der Waals surface area contributed by atoms with Gasteiger partial charge in [-0.25, -0.2) is 27.0 Å². The van der Waals surface area contributed by atoms with Gasteiger partial charge < -0.3 is 4.74 Å². The van der Waals surface area contributed by atoms with E-state index in [9.17, 15) is 36.3 Å². The lowest BCUT2D eigenvalue weighted by Crippen LogP contribution is -2.38. The fourth-order valence-corrected chi connectivity index (χ4v) is 3.49. The van der Waals surface area contributed by atoms with Crippen LogP contribution in [-0.2, 0) is 9.53 Å². The average molecular weight is 426 g/mol. The molecule has 2 aliphatic rings. The standard InChI is InChI=1S/C19H11F5N2O4/c1-2-30-19(29)16-15(9-10(20)12(22)14(24)13(23)11(9)21)25(16)26-17(27)7-5-3-4-6-8(7)18(26)28/h3-6,15-16H,2H2,1H3/t15-,16+,25?/m0/s1. The second-order valence-electron chi connectivity index (χ2n) is 6.47. The fraction of sp³-hybridized carbons (Fsp3) is 0.211. The molecule has 0 aromatic heterocycles. The van der Waals surface area contributed by atoms with Crippen LogP contribution < -0.4 is 0 Å². The Balaban J connectivity index is 1.82. The minimum Gasteiger partial charge on any atom is -0.465 e. The first-order valence-corrected chi connectivity index (χ1v) is 8.66. The first kappa shape index (κ1) is 20.0. The van der Waals surface area contributed by atoms with E-state index in [0.29, 0.717) is 10.0 Å². The molecule has 2 aliphatic heterocycles. The van der Waals surface area contributed by atoms with Crippen molar-refractivity contribution >= 4 is 17.8 Å². The molecule has 30 heavy (non-hydrogen) atoms. The van der Waals surface area contributed by atoms with Gasteiger partial charge in [0.15, 0.2) is 23.3 Å². The quantitative estimate of drug-likeness (QED) is 0.188. The van der Waals surface area contributed by atoms with E-state index in [-0.39, 0.29) is 17.7 Å². The van der Waals surface area contributed by atoms with Gasteiger partial charge in [0.05, 0.1) is 29.3 Å². The van der Waals surface area contributed by atoms with Crippen molar-refractivity contribution in [3.8, 4) is 0 Å². The van der Waals surface area contributed by atoms with Crippen LogP contribution in [0.2, 0.25) is 0 Å². The number of carbonyl (C=O) groups excluding carboxylic acids is 3. The first-order valence-electron chi connectivity index (χ1n) is 8.66. The molecule has 1 fully saturated rings. The van der Waals surface area contributed by atoms with Crippen LogP contribution in [0.15, 0.2) is 24.3 Å². The van der Waals surface area contributed by atoms with E-state index in [1.165, 1.54) is 31.2 Å². The van der Waals surface area contributed by atoms with Crippen molar-refractivity contribution in [2.75, 3.05) is 6.61 Å². The fourth-order valence-electron chi connectivity index (χ4n) is 3.49. The highest BCUT2D eigenvalue weighted by atomic mass is 19.2. The number of hydrogen-bond donors (Lipinski definition) is 0.